The summed E-state index contributed by atoms with van der Waals surface area (Å²) < 4.78 is 10.8. The van der Waals surface area contributed by atoms with Crippen molar-refractivity contribution >= 4 is 0 Å². The van der Waals surface area contributed by atoms with E-state index in [0.717, 1.165) is 26.1 Å². The first-order valence-electron chi connectivity index (χ1n) is 5.95. The van der Waals surface area contributed by atoms with E-state index in [9.17, 15) is 0 Å². The minimum absolute atomic E-state index is 0.304. The zero-order valence-corrected chi connectivity index (χ0v) is 10.1. The van der Waals surface area contributed by atoms with Gasteiger partial charge in [-0.15, -0.1) is 0 Å². The normalized spacial score (nSPS) is 13.1. The fourth-order valence-electron chi connectivity index (χ4n) is 1.43. The Morgan fingerprint density at radius 2 is 1.79 bits per heavy atom. The van der Waals surface area contributed by atoms with Crippen LogP contribution in [0.5, 0.6) is 0 Å². The molecule has 0 saturated heterocycles. The van der Waals surface area contributed by atoms with Gasteiger partial charge in [0.2, 0.25) is 0 Å². The Hall–Kier alpha value is -0.0800. The van der Waals surface area contributed by atoms with Crippen LogP contribution in [0, 0.1) is 0 Å². The van der Waals surface area contributed by atoms with Crippen molar-refractivity contribution in [1.29, 1.82) is 0 Å². The average molecular weight is 202 g/mol. The van der Waals surface area contributed by atoms with Gasteiger partial charge in [0.25, 0.3) is 0 Å². The van der Waals surface area contributed by atoms with Crippen LogP contribution >= 0.6 is 0 Å². The molecule has 1 unspecified atom stereocenters. The van der Waals surface area contributed by atoms with Crippen LogP contribution in [0.25, 0.3) is 0 Å². The van der Waals surface area contributed by atoms with E-state index in [1.54, 1.807) is 7.11 Å². The topological polar surface area (TPSA) is 18.5 Å². The molecule has 0 aliphatic heterocycles. The molecule has 1 atom stereocenters. The van der Waals surface area contributed by atoms with Crippen molar-refractivity contribution in [2.75, 3.05) is 20.3 Å². The second-order valence-electron chi connectivity index (χ2n) is 3.78. The number of rotatable bonds is 10. The molecular formula is C12H26O2. The molecule has 0 spiro atoms. The van der Waals surface area contributed by atoms with Gasteiger partial charge in [-0.1, -0.05) is 39.5 Å². The first-order chi connectivity index (χ1) is 6.85. The van der Waals surface area contributed by atoms with Gasteiger partial charge in [0, 0.05) is 13.7 Å². The maximum atomic E-state index is 5.47. The minimum atomic E-state index is 0.304. The van der Waals surface area contributed by atoms with Gasteiger partial charge >= 0.3 is 0 Å². The Morgan fingerprint density at radius 3 is 2.36 bits per heavy atom. The molecule has 0 rings (SSSR count). The highest BCUT2D eigenvalue weighted by atomic mass is 16.5. The Bertz CT molecular complexity index is 104. The highest BCUT2D eigenvalue weighted by Crippen LogP contribution is 2.08. The molecular weight excluding hydrogens is 176 g/mol. The maximum Gasteiger partial charge on any atom is 0.0804 e. The summed E-state index contributed by atoms with van der Waals surface area (Å²) in [5.41, 5.74) is 0. The van der Waals surface area contributed by atoms with Gasteiger partial charge in [-0.2, -0.15) is 0 Å². The molecule has 0 fully saturated rings. The molecule has 0 bridgehead atoms. The van der Waals surface area contributed by atoms with Crippen LogP contribution in [0.2, 0.25) is 0 Å². The van der Waals surface area contributed by atoms with Crippen molar-refractivity contribution in [2.24, 2.45) is 0 Å². The van der Waals surface area contributed by atoms with Crippen LogP contribution in [0.15, 0.2) is 0 Å². The number of hydrogen-bond donors (Lipinski definition) is 0. The first-order valence-corrected chi connectivity index (χ1v) is 5.95. The smallest absolute Gasteiger partial charge is 0.0804 e. The molecule has 0 amide bonds. The molecule has 0 heterocycles. The van der Waals surface area contributed by atoms with E-state index in [-0.39, 0.29) is 0 Å². The van der Waals surface area contributed by atoms with Crippen LogP contribution in [0.4, 0.5) is 0 Å². The number of unbranched alkanes of at least 4 members (excludes halogenated alkanes) is 3. The van der Waals surface area contributed by atoms with Gasteiger partial charge in [0.15, 0.2) is 0 Å². The lowest BCUT2D eigenvalue weighted by molar-refractivity contribution is 0.00342. The fraction of sp³-hybridized carbons (Fsp3) is 1.00. The molecule has 0 N–H and O–H groups in total. The lowest BCUT2D eigenvalue weighted by Crippen LogP contribution is -2.18. The van der Waals surface area contributed by atoms with Crippen LogP contribution in [0.3, 0.4) is 0 Å². The van der Waals surface area contributed by atoms with Gasteiger partial charge in [-0.05, 0) is 12.8 Å². The molecule has 0 aromatic rings. The first kappa shape index (κ1) is 13.9. The van der Waals surface area contributed by atoms with Gasteiger partial charge in [0.05, 0.1) is 12.7 Å². The van der Waals surface area contributed by atoms with Gasteiger partial charge in [-0.3, -0.25) is 0 Å². The number of methoxy groups -OCH3 is 1. The second-order valence-corrected chi connectivity index (χ2v) is 3.78. The minimum Gasteiger partial charge on any atom is -0.379 e. The fourth-order valence-corrected chi connectivity index (χ4v) is 1.43. The predicted molar refractivity (Wildman–Crippen MR) is 60.7 cm³/mol. The van der Waals surface area contributed by atoms with Crippen molar-refractivity contribution < 1.29 is 9.47 Å². The zero-order chi connectivity index (χ0) is 10.6. The third kappa shape index (κ3) is 8.52. The van der Waals surface area contributed by atoms with Crippen molar-refractivity contribution in [1.82, 2.24) is 0 Å². The quantitative estimate of drug-likeness (QED) is 0.505. The van der Waals surface area contributed by atoms with E-state index in [1.165, 1.54) is 25.7 Å². The molecule has 0 radical (unpaired) electrons. The van der Waals surface area contributed by atoms with Gasteiger partial charge in [0.1, 0.15) is 0 Å². The Morgan fingerprint density at radius 1 is 1.00 bits per heavy atom. The van der Waals surface area contributed by atoms with Crippen molar-refractivity contribution in [3.63, 3.8) is 0 Å². The number of ether oxygens (including phenoxy) is 2. The maximum absolute atomic E-state index is 5.47. The molecule has 0 aliphatic carbocycles. The SMILES string of the molecule is CCCCCCC(COCCC)OC. The average Bonchev–Trinajstić information content (AvgIpc) is 2.22. The second kappa shape index (κ2) is 11.0. The van der Waals surface area contributed by atoms with Crippen molar-refractivity contribution in [3.8, 4) is 0 Å². The lowest BCUT2D eigenvalue weighted by Gasteiger charge is -2.14. The molecule has 2 heteroatoms. The molecule has 0 saturated carbocycles. The summed E-state index contributed by atoms with van der Waals surface area (Å²) in [5.74, 6) is 0. The predicted octanol–water partition coefficient (Wildman–Crippen LogP) is 3.40. The summed E-state index contributed by atoms with van der Waals surface area (Å²) in [5, 5.41) is 0. The number of hydrogen-bond acceptors (Lipinski definition) is 2. The van der Waals surface area contributed by atoms with E-state index in [1.807, 2.05) is 0 Å². The lowest BCUT2D eigenvalue weighted by atomic mass is 10.1. The van der Waals surface area contributed by atoms with E-state index >= 15 is 0 Å². The van der Waals surface area contributed by atoms with Crippen LogP contribution in [-0.4, -0.2) is 26.4 Å². The van der Waals surface area contributed by atoms with E-state index in [2.05, 4.69) is 13.8 Å². The third-order valence-electron chi connectivity index (χ3n) is 2.37. The summed E-state index contributed by atoms with van der Waals surface area (Å²) in [6.45, 7) is 5.98. The molecule has 0 aromatic heterocycles. The summed E-state index contributed by atoms with van der Waals surface area (Å²) >= 11 is 0. The molecule has 86 valence electrons. The van der Waals surface area contributed by atoms with Gasteiger partial charge in [-0.25, -0.2) is 0 Å². The largest absolute Gasteiger partial charge is 0.379 e. The monoisotopic (exact) mass is 202 g/mol. The molecule has 0 aromatic carbocycles. The van der Waals surface area contributed by atoms with Crippen LogP contribution in [-0.2, 0) is 9.47 Å². The summed E-state index contributed by atoms with van der Waals surface area (Å²) in [7, 11) is 1.78. The summed E-state index contributed by atoms with van der Waals surface area (Å²) in [6.07, 6.45) is 7.76. The van der Waals surface area contributed by atoms with Gasteiger partial charge < -0.3 is 9.47 Å². The summed E-state index contributed by atoms with van der Waals surface area (Å²) in [6, 6.07) is 0. The van der Waals surface area contributed by atoms with E-state index in [0.29, 0.717) is 6.10 Å². The van der Waals surface area contributed by atoms with E-state index in [4.69, 9.17) is 9.47 Å². The Kier molecular flexibility index (Phi) is 10.9. The van der Waals surface area contributed by atoms with Crippen LogP contribution in [0.1, 0.15) is 52.4 Å². The third-order valence-corrected chi connectivity index (χ3v) is 2.37. The Balaban J connectivity index is 3.28. The molecule has 14 heavy (non-hydrogen) atoms. The summed E-state index contributed by atoms with van der Waals surface area (Å²) in [4.78, 5) is 0. The highest BCUT2D eigenvalue weighted by molar-refractivity contribution is 4.56. The molecule has 2 nitrogen and oxygen atoms in total. The molecule has 0 aliphatic rings. The van der Waals surface area contributed by atoms with E-state index < -0.39 is 0 Å². The van der Waals surface area contributed by atoms with Crippen molar-refractivity contribution in [3.05, 3.63) is 0 Å². The zero-order valence-electron chi connectivity index (χ0n) is 10.1. The Labute approximate surface area is 89.0 Å². The standard InChI is InChI=1S/C12H26O2/c1-4-6-7-8-9-12(13-3)11-14-10-5-2/h12H,4-11H2,1-3H3. The van der Waals surface area contributed by atoms with Crippen molar-refractivity contribution in [2.45, 2.75) is 58.5 Å². The highest BCUT2D eigenvalue weighted by Gasteiger charge is 2.06. The van der Waals surface area contributed by atoms with Crippen LogP contribution < -0.4 is 0 Å².